The van der Waals surface area contributed by atoms with Crippen molar-refractivity contribution in [2.75, 3.05) is 28.6 Å². The van der Waals surface area contributed by atoms with E-state index in [4.69, 9.17) is 18.2 Å². The van der Waals surface area contributed by atoms with Crippen LogP contribution in [0.5, 0.6) is 0 Å². The second kappa shape index (κ2) is 9.14. The Morgan fingerprint density at radius 3 is 2.63 bits per heavy atom. The number of rotatable bonds is 7. The lowest BCUT2D eigenvalue weighted by molar-refractivity contribution is -0.142. The van der Waals surface area contributed by atoms with Gasteiger partial charge in [-0.15, -0.1) is 4.52 Å². The fraction of sp³-hybridized carbons (Fsp3) is 0.409. The summed E-state index contributed by atoms with van der Waals surface area (Å²) in [6.45, 7) is 8.12. The molecular formula is C22H21ClF2N8O2. The number of carboxylic acids is 1. The number of anilines is 4. The minimum absolute atomic E-state index is 0.0624. The molecule has 0 spiro atoms. The van der Waals surface area contributed by atoms with Crippen LogP contribution >= 0.6 is 11.6 Å². The van der Waals surface area contributed by atoms with Crippen molar-refractivity contribution in [3.63, 3.8) is 0 Å². The normalized spacial score (nSPS) is 16.5. The number of piperidine rings is 1. The van der Waals surface area contributed by atoms with E-state index < -0.39 is 18.3 Å². The molecule has 0 unspecified atom stereocenters. The third kappa shape index (κ3) is 4.64. The van der Waals surface area contributed by atoms with E-state index in [1.807, 2.05) is 4.90 Å². The van der Waals surface area contributed by atoms with Crippen molar-refractivity contribution in [2.24, 2.45) is 5.92 Å². The van der Waals surface area contributed by atoms with Gasteiger partial charge in [0.1, 0.15) is 0 Å². The maximum absolute atomic E-state index is 13.8. The first-order chi connectivity index (χ1) is 16.8. The first-order valence-electron chi connectivity index (χ1n) is 11.1. The highest BCUT2D eigenvalue weighted by Crippen LogP contribution is 2.40. The number of fused-ring (bicyclic) bond motifs is 1. The van der Waals surface area contributed by atoms with E-state index in [1.54, 1.807) is 0 Å². The molecule has 1 saturated carbocycles. The van der Waals surface area contributed by atoms with Gasteiger partial charge in [-0.2, -0.15) is 4.98 Å². The highest BCUT2D eigenvalue weighted by molar-refractivity contribution is 6.36. The molecule has 0 radical (unpaired) electrons. The Bertz CT molecular complexity index is 1330. The van der Waals surface area contributed by atoms with Crippen molar-refractivity contribution in [1.29, 1.82) is 0 Å². The second-order valence-corrected chi connectivity index (χ2v) is 8.97. The molecule has 0 atom stereocenters. The van der Waals surface area contributed by atoms with Crippen LogP contribution in [-0.2, 0) is 4.79 Å². The van der Waals surface area contributed by atoms with Crippen LogP contribution in [0.4, 0.5) is 37.7 Å². The monoisotopic (exact) mass is 502 g/mol. The Morgan fingerprint density at radius 2 is 2.00 bits per heavy atom. The molecule has 3 heterocycles. The summed E-state index contributed by atoms with van der Waals surface area (Å²) in [6, 6.07) is 2.82. The zero-order valence-corrected chi connectivity index (χ0v) is 19.1. The number of nitrogens with one attached hydrogen (secondary N) is 2. The molecule has 0 amide bonds. The van der Waals surface area contributed by atoms with Crippen molar-refractivity contribution in [2.45, 2.75) is 38.2 Å². The van der Waals surface area contributed by atoms with Crippen molar-refractivity contribution >= 4 is 52.2 Å². The van der Waals surface area contributed by atoms with Crippen LogP contribution in [0.1, 0.15) is 37.7 Å². The molecule has 13 heteroatoms. The van der Waals surface area contributed by atoms with Gasteiger partial charge in [-0.25, -0.2) is 13.8 Å². The van der Waals surface area contributed by atoms with Gasteiger partial charge in [-0.3, -0.25) is 4.79 Å². The van der Waals surface area contributed by atoms with Crippen LogP contribution in [0.2, 0.25) is 5.02 Å². The predicted octanol–water partition coefficient (Wildman–Crippen LogP) is 4.88. The van der Waals surface area contributed by atoms with Gasteiger partial charge in [0, 0.05) is 24.7 Å². The fourth-order valence-electron chi connectivity index (χ4n) is 4.08. The van der Waals surface area contributed by atoms with Gasteiger partial charge in [0.15, 0.2) is 5.82 Å². The molecule has 0 bridgehead atoms. The lowest BCUT2D eigenvalue weighted by atomic mass is 9.96. The Kier molecular flexibility index (Phi) is 6.02. The summed E-state index contributed by atoms with van der Waals surface area (Å²) in [6.07, 6.45) is 1.40. The Hall–Kier alpha value is -3.72. The summed E-state index contributed by atoms with van der Waals surface area (Å²) < 4.78 is 28.9. The smallest absolute Gasteiger partial charge is 0.306 e. The maximum atomic E-state index is 13.8. The molecule has 1 saturated heterocycles. The van der Waals surface area contributed by atoms with Crippen LogP contribution in [-0.4, -0.2) is 49.8 Å². The minimum atomic E-state index is -2.75. The number of halogens is 3. The Morgan fingerprint density at radius 1 is 1.26 bits per heavy atom. The van der Waals surface area contributed by atoms with Crippen molar-refractivity contribution in [3.8, 4) is 0 Å². The molecular weight excluding hydrogens is 482 g/mol. The zero-order valence-electron chi connectivity index (χ0n) is 18.4. The number of hydrogen-bond acceptors (Lipinski definition) is 7. The van der Waals surface area contributed by atoms with E-state index in [1.165, 1.54) is 22.8 Å². The number of hydrogen-bond donors (Lipinski definition) is 3. The minimum Gasteiger partial charge on any atom is -0.481 e. The average molecular weight is 503 g/mol. The van der Waals surface area contributed by atoms with Gasteiger partial charge in [0.05, 0.1) is 28.5 Å². The van der Waals surface area contributed by atoms with E-state index in [9.17, 15) is 18.7 Å². The molecule has 3 N–H and O–H groups in total. The molecule has 1 aliphatic heterocycles. The SMILES string of the molecule is [C-]#[N+]c1cnc2c(NC3CC3)nc(Nc3cc(C(F)F)cc(N4CCC(C(=O)O)CC4)c3Cl)nn12. The Balaban J connectivity index is 1.51. The largest absolute Gasteiger partial charge is 0.481 e. The van der Waals surface area contributed by atoms with Gasteiger partial charge >= 0.3 is 5.97 Å². The first kappa shape index (κ1) is 23.0. The van der Waals surface area contributed by atoms with Crippen molar-refractivity contribution in [3.05, 3.63) is 40.3 Å². The summed E-state index contributed by atoms with van der Waals surface area (Å²) in [4.78, 5) is 25.2. The lowest BCUT2D eigenvalue weighted by Crippen LogP contribution is -2.36. The summed E-state index contributed by atoms with van der Waals surface area (Å²) in [5.74, 6) is -0.658. The van der Waals surface area contributed by atoms with Gasteiger partial charge in [-0.1, -0.05) is 23.3 Å². The number of carbonyl (C=O) groups is 1. The molecule has 35 heavy (non-hydrogen) atoms. The van der Waals surface area contributed by atoms with Gasteiger partial charge in [0.2, 0.25) is 0 Å². The van der Waals surface area contributed by atoms with Crippen LogP contribution in [0.15, 0.2) is 18.3 Å². The molecule has 2 aromatic heterocycles. The number of aromatic nitrogens is 4. The van der Waals surface area contributed by atoms with Gasteiger partial charge < -0.3 is 25.5 Å². The first-order valence-corrected chi connectivity index (χ1v) is 11.5. The third-order valence-electron chi connectivity index (χ3n) is 6.14. The average Bonchev–Trinajstić information content (AvgIpc) is 3.56. The van der Waals surface area contributed by atoms with E-state index >= 15 is 0 Å². The van der Waals surface area contributed by atoms with Crippen LogP contribution < -0.4 is 15.5 Å². The lowest BCUT2D eigenvalue weighted by Gasteiger charge is -2.33. The fourth-order valence-corrected chi connectivity index (χ4v) is 4.36. The standard InChI is InChI=1S/C22H21ClF2N8O2/c1-26-16-10-27-20-19(28-13-2-3-13)30-22(31-33(16)20)29-14-8-12(18(24)25)9-15(17(14)23)32-6-4-11(5-7-32)21(34)35/h8-11,13,18H,2-7H2,(H,34,35)(H2,28,29,30,31). The van der Waals surface area contributed by atoms with Crippen molar-refractivity contribution in [1.82, 2.24) is 19.6 Å². The van der Waals surface area contributed by atoms with E-state index in [-0.39, 0.29) is 34.1 Å². The van der Waals surface area contributed by atoms with Gasteiger partial charge in [0.25, 0.3) is 23.8 Å². The summed E-state index contributed by atoms with van der Waals surface area (Å²) in [5, 5.41) is 20.0. The zero-order chi connectivity index (χ0) is 24.7. The Labute approximate surface area is 203 Å². The molecule has 2 fully saturated rings. The second-order valence-electron chi connectivity index (χ2n) is 8.59. The van der Waals surface area contributed by atoms with E-state index in [0.29, 0.717) is 43.1 Å². The molecule has 1 aromatic carbocycles. The highest BCUT2D eigenvalue weighted by atomic mass is 35.5. The quantitative estimate of drug-likeness (QED) is 0.392. The molecule has 5 rings (SSSR count). The molecule has 3 aromatic rings. The number of imidazole rings is 1. The van der Waals surface area contributed by atoms with Gasteiger partial charge in [-0.05, 0) is 37.8 Å². The summed E-state index contributed by atoms with van der Waals surface area (Å²) >= 11 is 6.65. The van der Waals surface area contributed by atoms with Crippen molar-refractivity contribution < 1.29 is 18.7 Å². The highest BCUT2D eigenvalue weighted by Gasteiger charge is 2.28. The number of alkyl halides is 2. The summed E-state index contributed by atoms with van der Waals surface area (Å²) in [5.41, 5.74) is 0.718. The predicted molar refractivity (Wildman–Crippen MR) is 126 cm³/mol. The molecule has 10 nitrogen and oxygen atoms in total. The number of carboxylic acid groups (broad SMARTS) is 1. The molecule has 2 aliphatic rings. The summed E-state index contributed by atoms with van der Waals surface area (Å²) in [7, 11) is 0. The molecule has 1 aliphatic carbocycles. The van der Waals surface area contributed by atoms with Crippen LogP contribution in [0, 0.1) is 12.5 Å². The number of aliphatic carboxylic acids is 1. The topological polar surface area (TPSA) is 112 Å². The van der Waals surface area contributed by atoms with E-state index in [0.717, 1.165) is 12.8 Å². The van der Waals surface area contributed by atoms with Crippen LogP contribution in [0.25, 0.3) is 10.5 Å². The number of benzene rings is 1. The third-order valence-corrected chi connectivity index (χ3v) is 6.53. The number of nitrogens with zero attached hydrogens (tertiary/aromatic N) is 6. The van der Waals surface area contributed by atoms with Crippen LogP contribution in [0.3, 0.4) is 0 Å². The maximum Gasteiger partial charge on any atom is 0.306 e. The van der Waals surface area contributed by atoms with E-state index in [2.05, 4.69) is 30.5 Å². The molecule has 182 valence electrons.